The first-order chi connectivity index (χ1) is 13.5. The third kappa shape index (κ3) is 3.08. The lowest BCUT2D eigenvalue weighted by molar-refractivity contribution is 0.385. The van der Waals surface area contributed by atoms with Crippen molar-refractivity contribution in [1.29, 1.82) is 0 Å². The molecule has 6 nitrogen and oxygen atoms in total. The van der Waals surface area contributed by atoms with Gasteiger partial charge in [-0.05, 0) is 39.2 Å². The molecule has 2 aromatic carbocycles. The number of benzene rings is 2. The molecule has 0 aliphatic rings. The van der Waals surface area contributed by atoms with Gasteiger partial charge in [0.05, 0.1) is 22.8 Å². The molecule has 0 aliphatic heterocycles. The summed E-state index contributed by atoms with van der Waals surface area (Å²) in [6.45, 7) is 2.28. The molecule has 1 N–H and O–H groups in total. The molecule has 0 saturated carbocycles. The van der Waals surface area contributed by atoms with Crippen LogP contribution in [0.15, 0.2) is 64.3 Å². The minimum absolute atomic E-state index is 0.142. The summed E-state index contributed by atoms with van der Waals surface area (Å²) in [4.78, 5) is 15.1. The molecule has 0 radical (unpaired) electrons. The molecule has 2 heterocycles. The largest absolute Gasteiger partial charge is 0.507 e. The van der Waals surface area contributed by atoms with Crippen molar-refractivity contribution in [3.8, 4) is 22.6 Å². The molecule has 6 heteroatoms. The minimum Gasteiger partial charge on any atom is -0.507 e. The first-order valence-corrected chi connectivity index (χ1v) is 8.98. The van der Waals surface area contributed by atoms with E-state index in [1.165, 1.54) is 6.26 Å². The molecular formula is C22H21N3O3. The van der Waals surface area contributed by atoms with Gasteiger partial charge in [-0.25, -0.2) is 4.68 Å². The van der Waals surface area contributed by atoms with Gasteiger partial charge in [-0.15, -0.1) is 0 Å². The second-order valence-corrected chi connectivity index (χ2v) is 7.11. The van der Waals surface area contributed by atoms with Crippen molar-refractivity contribution >= 4 is 11.0 Å². The molecule has 0 aliphatic carbocycles. The van der Waals surface area contributed by atoms with E-state index in [0.717, 1.165) is 5.69 Å². The number of hydrogen-bond acceptors (Lipinski definition) is 5. The van der Waals surface area contributed by atoms with Crippen LogP contribution in [0.4, 0.5) is 0 Å². The van der Waals surface area contributed by atoms with Crippen LogP contribution in [0.5, 0.6) is 5.75 Å². The van der Waals surface area contributed by atoms with E-state index in [-0.39, 0.29) is 11.2 Å². The molecule has 0 bridgehead atoms. The van der Waals surface area contributed by atoms with Gasteiger partial charge in [-0.2, -0.15) is 5.10 Å². The van der Waals surface area contributed by atoms with Gasteiger partial charge in [0.15, 0.2) is 0 Å². The highest BCUT2D eigenvalue weighted by Gasteiger charge is 2.17. The normalized spacial score (nSPS) is 11.4. The highest BCUT2D eigenvalue weighted by molar-refractivity contribution is 5.86. The smallest absolute Gasteiger partial charge is 0.200 e. The number of fused-ring (bicyclic) bond motifs is 1. The van der Waals surface area contributed by atoms with E-state index < -0.39 is 0 Å². The monoisotopic (exact) mass is 375 g/mol. The summed E-state index contributed by atoms with van der Waals surface area (Å²) in [5.74, 6) is 0.161. The number of nitrogens with zero attached hydrogens (tertiary/aromatic N) is 3. The van der Waals surface area contributed by atoms with Gasteiger partial charge in [0, 0.05) is 29.4 Å². The Balaban J connectivity index is 1.85. The van der Waals surface area contributed by atoms with E-state index in [0.29, 0.717) is 39.8 Å². The summed E-state index contributed by atoms with van der Waals surface area (Å²) in [5.41, 5.74) is 3.56. The first-order valence-electron chi connectivity index (χ1n) is 8.98. The highest BCUT2D eigenvalue weighted by atomic mass is 16.3. The summed E-state index contributed by atoms with van der Waals surface area (Å²) in [6.07, 6.45) is 4.90. The maximum atomic E-state index is 13.2. The zero-order valence-electron chi connectivity index (χ0n) is 16.0. The van der Waals surface area contributed by atoms with Crippen LogP contribution in [0, 0.1) is 6.92 Å². The van der Waals surface area contributed by atoms with Crippen molar-refractivity contribution in [2.45, 2.75) is 13.5 Å². The van der Waals surface area contributed by atoms with Gasteiger partial charge in [-0.1, -0.05) is 18.2 Å². The van der Waals surface area contributed by atoms with Crippen LogP contribution in [-0.4, -0.2) is 33.9 Å². The Morgan fingerprint density at radius 3 is 2.68 bits per heavy atom. The van der Waals surface area contributed by atoms with Crippen LogP contribution in [-0.2, 0) is 6.54 Å². The fraction of sp³-hybridized carbons (Fsp3) is 0.182. The second-order valence-electron chi connectivity index (χ2n) is 7.11. The third-order valence-corrected chi connectivity index (χ3v) is 4.75. The summed E-state index contributed by atoms with van der Waals surface area (Å²) in [5, 5.41) is 15.3. The Labute approximate surface area is 162 Å². The van der Waals surface area contributed by atoms with Crippen molar-refractivity contribution in [1.82, 2.24) is 14.7 Å². The van der Waals surface area contributed by atoms with Gasteiger partial charge in [0.1, 0.15) is 17.6 Å². The number of aromatic hydroxyl groups is 1. The van der Waals surface area contributed by atoms with Crippen molar-refractivity contribution in [3.63, 3.8) is 0 Å². The average Bonchev–Trinajstić information content (AvgIpc) is 3.17. The minimum atomic E-state index is -0.142. The van der Waals surface area contributed by atoms with Crippen molar-refractivity contribution < 1.29 is 9.52 Å². The molecular weight excluding hydrogens is 354 g/mol. The topological polar surface area (TPSA) is 71.5 Å². The van der Waals surface area contributed by atoms with Gasteiger partial charge in [0.2, 0.25) is 5.43 Å². The standard InChI is InChI=1S/C22H21N3O3/c1-14-20(26)15(11-24(2)3)9-18-21(27)19(13-28-22(14)18)16-10-23-25(12-16)17-7-5-4-6-8-17/h4-10,12-13,26H,11H2,1-3H3. The van der Waals surface area contributed by atoms with Crippen LogP contribution in [0.1, 0.15) is 11.1 Å². The lowest BCUT2D eigenvalue weighted by atomic mass is 10.0. The maximum Gasteiger partial charge on any atom is 0.200 e. The van der Waals surface area contributed by atoms with Gasteiger partial charge < -0.3 is 14.4 Å². The molecule has 0 atom stereocenters. The number of aromatic nitrogens is 2. The van der Waals surface area contributed by atoms with Crippen LogP contribution >= 0.6 is 0 Å². The molecule has 142 valence electrons. The number of para-hydroxylation sites is 1. The molecule has 0 saturated heterocycles. The van der Waals surface area contributed by atoms with Gasteiger partial charge in [0.25, 0.3) is 0 Å². The predicted molar refractivity (Wildman–Crippen MR) is 109 cm³/mol. The maximum absolute atomic E-state index is 13.2. The molecule has 28 heavy (non-hydrogen) atoms. The fourth-order valence-electron chi connectivity index (χ4n) is 3.34. The third-order valence-electron chi connectivity index (χ3n) is 4.75. The number of hydrogen-bond donors (Lipinski definition) is 1. The molecule has 0 fully saturated rings. The summed E-state index contributed by atoms with van der Waals surface area (Å²) >= 11 is 0. The molecule has 2 aromatic heterocycles. The molecule has 0 unspecified atom stereocenters. The van der Waals surface area contributed by atoms with E-state index in [2.05, 4.69) is 5.10 Å². The van der Waals surface area contributed by atoms with E-state index >= 15 is 0 Å². The number of phenolic OH excluding ortho intramolecular Hbond substituents is 1. The number of rotatable bonds is 4. The second kappa shape index (κ2) is 6.98. The average molecular weight is 375 g/mol. The Hall–Kier alpha value is -3.38. The van der Waals surface area contributed by atoms with E-state index in [1.807, 2.05) is 49.3 Å². The van der Waals surface area contributed by atoms with E-state index in [1.54, 1.807) is 30.1 Å². The van der Waals surface area contributed by atoms with Crippen molar-refractivity contribution in [2.24, 2.45) is 0 Å². The van der Waals surface area contributed by atoms with E-state index in [9.17, 15) is 9.90 Å². The van der Waals surface area contributed by atoms with Crippen molar-refractivity contribution in [3.05, 3.63) is 76.4 Å². The quantitative estimate of drug-likeness (QED) is 0.589. The lowest BCUT2D eigenvalue weighted by Gasteiger charge is -2.14. The summed E-state index contributed by atoms with van der Waals surface area (Å²) in [7, 11) is 3.83. The first kappa shape index (κ1) is 18.0. The summed E-state index contributed by atoms with van der Waals surface area (Å²) < 4.78 is 7.47. The Morgan fingerprint density at radius 2 is 1.96 bits per heavy atom. The van der Waals surface area contributed by atoms with Crippen molar-refractivity contribution in [2.75, 3.05) is 14.1 Å². The Bertz CT molecular complexity index is 1210. The SMILES string of the molecule is Cc1c(O)c(CN(C)C)cc2c(=O)c(-c3cnn(-c4ccccc4)c3)coc12. The molecule has 0 amide bonds. The van der Waals surface area contributed by atoms with Crippen LogP contribution in [0.3, 0.4) is 0 Å². The zero-order chi connectivity index (χ0) is 19.8. The zero-order valence-corrected chi connectivity index (χ0v) is 16.0. The van der Waals surface area contributed by atoms with Gasteiger partial charge in [-0.3, -0.25) is 4.79 Å². The van der Waals surface area contributed by atoms with Crippen LogP contribution < -0.4 is 5.43 Å². The highest BCUT2D eigenvalue weighted by Crippen LogP contribution is 2.31. The molecule has 0 spiro atoms. The van der Waals surface area contributed by atoms with Gasteiger partial charge >= 0.3 is 0 Å². The molecule has 4 rings (SSSR count). The fourth-order valence-corrected chi connectivity index (χ4v) is 3.34. The Kier molecular flexibility index (Phi) is 4.49. The predicted octanol–water partition coefficient (Wildman–Crippen LogP) is 3.72. The Morgan fingerprint density at radius 1 is 1.21 bits per heavy atom. The van der Waals surface area contributed by atoms with E-state index in [4.69, 9.17) is 4.42 Å². The van der Waals surface area contributed by atoms with Crippen LogP contribution in [0.25, 0.3) is 27.8 Å². The number of aryl methyl sites for hydroxylation is 1. The number of phenols is 1. The van der Waals surface area contributed by atoms with Crippen LogP contribution in [0.2, 0.25) is 0 Å². The summed E-state index contributed by atoms with van der Waals surface area (Å²) in [6, 6.07) is 11.4. The lowest BCUT2D eigenvalue weighted by Crippen LogP contribution is -2.12. The molecule has 4 aromatic rings.